The number of amides is 1. The predicted octanol–water partition coefficient (Wildman–Crippen LogP) is 5.01. The van der Waals surface area contributed by atoms with Crippen LogP contribution in [0.5, 0.6) is 0 Å². The highest BCUT2D eigenvalue weighted by atomic mass is 32.1. The lowest BCUT2D eigenvalue weighted by Gasteiger charge is -2.18. The maximum atomic E-state index is 13.2. The van der Waals surface area contributed by atoms with Gasteiger partial charge in [-0.1, -0.05) is 71.9 Å². The fourth-order valence-electron chi connectivity index (χ4n) is 3.63. The van der Waals surface area contributed by atoms with Crippen LogP contribution >= 0.6 is 11.3 Å². The minimum absolute atomic E-state index is 0.135. The molecule has 5 nitrogen and oxygen atoms in total. The van der Waals surface area contributed by atoms with Gasteiger partial charge < -0.3 is 9.74 Å². The summed E-state index contributed by atoms with van der Waals surface area (Å²) in [5.74, 6) is -0.863. The second-order valence-electron chi connectivity index (χ2n) is 6.84. The second-order valence-corrected chi connectivity index (χ2v) is 7.79. The Labute approximate surface area is 176 Å². The smallest absolute Gasteiger partial charge is 0.311 e. The number of fused-ring (bicyclic) bond motifs is 2. The Kier molecular flexibility index (Phi) is 4.61. The van der Waals surface area contributed by atoms with Crippen LogP contribution in [0.1, 0.15) is 20.8 Å². The molecule has 0 radical (unpaired) electrons. The van der Waals surface area contributed by atoms with E-state index in [-0.39, 0.29) is 11.6 Å². The quantitative estimate of drug-likeness (QED) is 0.350. The standard InChI is InChI=1S/C24H16N2O3S/c27-23-22(25-29-24(28)21-13-6-14-30-21)19-11-3-4-12-20(19)26(23)15-17-9-5-8-16-7-1-2-10-18(16)17/h1-14H,15H2/b25-22+. The van der Waals surface area contributed by atoms with Crippen molar-refractivity contribution in [3.05, 3.63) is 100 Å². The van der Waals surface area contributed by atoms with Gasteiger partial charge >= 0.3 is 5.97 Å². The number of hydrogen-bond acceptors (Lipinski definition) is 5. The number of hydrogen-bond donors (Lipinski definition) is 0. The summed E-state index contributed by atoms with van der Waals surface area (Å²) < 4.78 is 0. The summed E-state index contributed by atoms with van der Waals surface area (Å²) in [4.78, 5) is 32.6. The van der Waals surface area contributed by atoms with Crippen molar-refractivity contribution in [1.82, 2.24) is 0 Å². The Morgan fingerprint density at radius 3 is 2.60 bits per heavy atom. The number of carbonyl (C=O) groups excluding carboxylic acids is 2. The summed E-state index contributed by atoms with van der Waals surface area (Å²) in [6.45, 7) is 0.398. The molecule has 2 heterocycles. The van der Waals surface area contributed by atoms with E-state index in [9.17, 15) is 9.59 Å². The molecule has 30 heavy (non-hydrogen) atoms. The van der Waals surface area contributed by atoms with E-state index in [4.69, 9.17) is 4.84 Å². The van der Waals surface area contributed by atoms with Crippen LogP contribution in [0, 0.1) is 0 Å². The third-order valence-electron chi connectivity index (χ3n) is 5.05. The van der Waals surface area contributed by atoms with Crippen LogP contribution in [0.15, 0.2) is 89.4 Å². The Balaban J connectivity index is 1.49. The maximum absolute atomic E-state index is 13.2. The molecule has 3 aromatic carbocycles. The molecular weight excluding hydrogens is 396 g/mol. The van der Waals surface area contributed by atoms with E-state index >= 15 is 0 Å². The monoisotopic (exact) mass is 412 g/mol. The Morgan fingerprint density at radius 1 is 0.933 bits per heavy atom. The fraction of sp³-hybridized carbons (Fsp3) is 0.0417. The zero-order valence-corrected chi connectivity index (χ0v) is 16.6. The molecule has 1 aromatic heterocycles. The number of carbonyl (C=O) groups is 2. The lowest BCUT2D eigenvalue weighted by molar-refractivity contribution is -0.112. The molecule has 146 valence electrons. The molecule has 1 amide bonds. The first-order valence-corrected chi connectivity index (χ1v) is 10.3. The summed E-state index contributed by atoms with van der Waals surface area (Å²) >= 11 is 1.26. The zero-order valence-electron chi connectivity index (χ0n) is 15.8. The summed E-state index contributed by atoms with van der Waals surface area (Å²) in [7, 11) is 0. The van der Waals surface area contributed by atoms with Gasteiger partial charge in [-0.25, -0.2) is 4.79 Å². The fourth-order valence-corrected chi connectivity index (χ4v) is 4.23. The van der Waals surface area contributed by atoms with Gasteiger partial charge in [0.1, 0.15) is 4.88 Å². The third kappa shape index (κ3) is 3.17. The highest BCUT2D eigenvalue weighted by Gasteiger charge is 2.35. The van der Waals surface area contributed by atoms with Crippen LogP contribution in [-0.2, 0) is 16.2 Å². The lowest BCUT2D eigenvalue weighted by atomic mass is 10.0. The van der Waals surface area contributed by atoms with Crippen LogP contribution < -0.4 is 4.90 Å². The van der Waals surface area contributed by atoms with Crippen LogP contribution in [0.4, 0.5) is 5.69 Å². The maximum Gasteiger partial charge on any atom is 0.375 e. The Bertz CT molecular complexity index is 1290. The zero-order chi connectivity index (χ0) is 20.5. The van der Waals surface area contributed by atoms with E-state index in [0.29, 0.717) is 17.0 Å². The van der Waals surface area contributed by atoms with Crippen LogP contribution in [0.3, 0.4) is 0 Å². The molecule has 4 aromatic rings. The molecule has 0 N–H and O–H groups in total. The molecule has 0 saturated carbocycles. The van der Waals surface area contributed by atoms with Crippen molar-refractivity contribution >= 4 is 45.4 Å². The minimum Gasteiger partial charge on any atom is -0.311 e. The molecule has 0 atom stereocenters. The van der Waals surface area contributed by atoms with Crippen molar-refractivity contribution in [1.29, 1.82) is 0 Å². The number of rotatable bonds is 4. The molecule has 0 saturated heterocycles. The van der Waals surface area contributed by atoms with E-state index in [1.54, 1.807) is 22.4 Å². The first-order chi connectivity index (χ1) is 14.7. The normalized spacial score (nSPS) is 14.3. The molecule has 0 aliphatic carbocycles. The lowest BCUT2D eigenvalue weighted by Crippen LogP contribution is -2.30. The summed E-state index contributed by atoms with van der Waals surface area (Å²) in [5, 5.41) is 7.94. The van der Waals surface area contributed by atoms with Gasteiger partial charge in [-0.05, 0) is 33.8 Å². The van der Waals surface area contributed by atoms with Crippen molar-refractivity contribution in [3.63, 3.8) is 0 Å². The molecule has 0 spiro atoms. The molecule has 6 heteroatoms. The van der Waals surface area contributed by atoms with Crippen molar-refractivity contribution in [3.8, 4) is 0 Å². The van der Waals surface area contributed by atoms with Gasteiger partial charge in [0.15, 0.2) is 5.71 Å². The average molecular weight is 412 g/mol. The second kappa shape index (κ2) is 7.57. The van der Waals surface area contributed by atoms with Gasteiger partial charge in [0.25, 0.3) is 5.91 Å². The minimum atomic E-state index is -0.574. The highest BCUT2D eigenvalue weighted by molar-refractivity contribution is 7.11. The highest BCUT2D eigenvalue weighted by Crippen LogP contribution is 2.32. The topological polar surface area (TPSA) is 59.0 Å². The number of oxime groups is 1. The number of para-hydroxylation sites is 1. The average Bonchev–Trinajstić information content (AvgIpc) is 3.40. The van der Waals surface area contributed by atoms with Crippen LogP contribution in [-0.4, -0.2) is 17.6 Å². The molecule has 0 bridgehead atoms. The summed E-state index contributed by atoms with van der Waals surface area (Å²) in [5.41, 5.74) is 2.58. The van der Waals surface area contributed by atoms with Crippen LogP contribution in [0.2, 0.25) is 0 Å². The largest absolute Gasteiger partial charge is 0.375 e. The van der Waals surface area contributed by atoms with E-state index in [1.807, 2.05) is 48.5 Å². The predicted molar refractivity (Wildman–Crippen MR) is 118 cm³/mol. The molecule has 1 aliphatic heterocycles. The number of benzene rings is 3. The van der Waals surface area contributed by atoms with E-state index in [1.165, 1.54) is 11.3 Å². The van der Waals surface area contributed by atoms with E-state index in [2.05, 4.69) is 23.4 Å². The third-order valence-corrected chi connectivity index (χ3v) is 5.90. The first-order valence-electron chi connectivity index (χ1n) is 9.43. The molecule has 0 fully saturated rings. The van der Waals surface area contributed by atoms with Gasteiger partial charge in [-0.3, -0.25) is 4.79 Å². The van der Waals surface area contributed by atoms with Gasteiger partial charge in [-0.15, -0.1) is 11.3 Å². The van der Waals surface area contributed by atoms with Crippen molar-refractivity contribution in [2.75, 3.05) is 4.90 Å². The molecule has 1 aliphatic rings. The summed E-state index contributed by atoms with van der Waals surface area (Å²) in [6.07, 6.45) is 0. The van der Waals surface area contributed by atoms with Crippen molar-refractivity contribution in [2.45, 2.75) is 6.54 Å². The summed E-state index contributed by atoms with van der Waals surface area (Å²) in [6, 6.07) is 25.0. The SMILES string of the molecule is O=C(O/N=C1/C(=O)N(Cc2cccc3ccccc23)c2ccccc21)c1cccs1. The Morgan fingerprint density at radius 2 is 1.73 bits per heavy atom. The van der Waals surface area contributed by atoms with E-state index < -0.39 is 5.97 Å². The van der Waals surface area contributed by atoms with Gasteiger partial charge in [-0.2, -0.15) is 0 Å². The first kappa shape index (κ1) is 18.3. The van der Waals surface area contributed by atoms with Gasteiger partial charge in [0.05, 0.1) is 12.2 Å². The number of thiophene rings is 1. The van der Waals surface area contributed by atoms with Gasteiger partial charge in [0, 0.05) is 5.56 Å². The Hall–Kier alpha value is -3.77. The molecule has 0 unspecified atom stereocenters. The van der Waals surface area contributed by atoms with Gasteiger partial charge in [0.2, 0.25) is 0 Å². The number of nitrogens with zero attached hydrogens (tertiary/aromatic N) is 2. The van der Waals surface area contributed by atoms with Crippen molar-refractivity contribution < 1.29 is 14.4 Å². The van der Waals surface area contributed by atoms with Crippen LogP contribution in [0.25, 0.3) is 10.8 Å². The van der Waals surface area contributed by atoms with E-state index in [0.717, 1.165) is 22.0 Å². The van der Waals surface area contributed by atoms with Crippen molar-refractivity contribution in [2.24, 2.45) is 5.16 Å². The number of anilines is 1. The molecular formula is C24H16N2O3S. The molecule has 5 rings (SSSR count).